The number of non-ortho nitro benzene ring substituents is 1. The lowest BCUT2D eigenvalue weighted by molar-refractivity contribution is -0.384. The van der Waals surface area contributed by atoms with Gasteiger partial charge in [0.05, 0.1) is 10.5 Å². The van der Waals surface area contributed by atoms with Crippen LogP contribution in [-0.2, 0) is 0 Å². The lowest BCUT2D eigenvalue weighted by atomic mass is 9.85. The zero-order valence-corrected chi connectivity index (χ0v) is 13.3. The molecule has 3 aromatic rings. The molecule has 7 heteroatoms. The van der Waals surface area contributed by atoms with Crippen LogP contribution in [0.15, 0.2) is 60.8 Å². The molecule has 1 heterocycles. The quantitative estimate of drug-likeness (QED) is 0.445. The first-order valence-corrected chi connectivity index (χ1v) is 7.72. The molecule has 0 amide bonds. The molecule has 26 heavy (non-hydrogen) atoms. The lowest BCUT2D eigenvalue weighted by Gasteiger charge is -2.19. The van der Waals surface area contributed by atoms with Gasteiger partial charge in [-0.3, -0.25) is 25.1 Å². The molecule has 0 bridgehead atoms. The third-order valence-corrected chi connectivity index (χ3v) is 4.33. The van der Waals surface area contributed by atoms with E-state index in [0.29, 0.717) is 16.8 Å². The summed E-state index contributed by atoms with van der Waals surface area (Å²) >= 11 is 0. The Kier molecular flexibility index (Phi) is 3.37. The number of rotatable bonds is 2. The molecule has 7 nitrogen and oxygen atoms in total. The zero-order valence-electron chi connectivity index (χ0n) is 13.3. The van der Waals surface area contributed by atoms with E-state index in [1.165, 1.54) is 41.1 Å². The number of aromatic nitrogens is 1. The molecule has 0 aliphatic heterocycles. The molecule has 0 saturated carbocycles. The van der Waals surface area contributed by atoms with Crippen molar-refractivity contribution in [2.45, 2.75) is 0 Å². The Morgan fingerprint density at radius 2 is 1.42 bits per heavy atom. The Hall–Kier alpha value is -3.87. The Labute approximate surface area is 146 Å². The number of carbonyl (C=O) groups is 2. The van der Waals surface area contributed by atoms with Crippen LogP contribution in [0, 0.1) is 15.5 Å². The van der Waals surface area contributed by atoms with Crippen LogP contribution in [0.3, 0.4) is 0 Å². The lowest BCUT2D eigenvalue weighted by Crippen LogP contribution is -2.27. The van der Waals surface area contributed by atoms with Gasteiger partial charge in [-0.25, -0.2) is 0 Å². The number of benzene rings is 2. The maximum absolute atomic E-state index is 12.8. The summed E-state index contributed by atoms with van der Waals surface area (Å²) in [5.74, 6) is -0.578. The monoisotopic (exact) mass is 345 g/mol. The smallest absolute Gasteiger partial charge is 0.269 e. The van der Waals surface area contributed by atoms with E-state index in [1.54, 1.807) is 24.3 Å². The average molecular weight is 345 g/mol. The number of nitro benzene ring substituents is 1. The summed E-state index contributed by atoms with van der Waals surface area (Å²) in [4.78, 5) is 35.7. The topological polar surface area (TPSA) is 106 Å². The molecule has 0 atom stereocenters. The summed E-state index contributed by atoms with van der Waals surface area (Å²) in [7, 11) is 0. The molecule has 0 radical (unpaired) electrons. The van der Waals surface area contributed by atoms with Crippen molar-refractivity contribution in [2.24, 2.45) is 0 Å². The summed E-state index contributed by atoms with van der Waals surface area (Å²) in [5.41, 5.74) is 1.48. The van der Waals surface area contributed by atoms with Gasteiger partial charge >= 0.3 is 0 Å². The first-order chi connectivity index (χ1) is 12.5. The molecule has 1 aliphatic rings. The van der Waals surface area contributed by atoms with Gasteiger partial charge in [-0.2, -0.15) is 0 Å². The minimum atomic E-state index is -0.512. The van der Waals surface area contributed by atoms with Crippen molar-refractivity contribution >= 4 is 17.3 Å². The second-order valence-corrected chi connectivity index (χ2v) is 5.83. The molecular weight excluding hydrogens is 334 g/mol. The standard InChI is InChI=1S/C19H11N3O4/c20-17-9-15-16(19(24)14-4-2-1-3-13(14)18(15)23)10-21(17)11-5-7-12(8-6-11)22(25)26/h1-10,20H. The highest BCUT2D eigenvalue weighted by Gasteiger charge is 2.30. The first kappa shape index (κ1) is 15.6. The van der Waals surface area contributed by atoms with E-state index in [0.717, 1.165) is 0 Å². The number of hydrogen-bond acceptors (Lipinski definition) is 5. The third kappa shape index (κ3) is 2.26. The van der Waals surface area contributed by atoms with Gasteiger partial charge in [0, 0.05) is 40.7 Å². The fraction of sp³-hybridized carbons (Fsp3) is 0. The van der Waals surface area contributed by atoms with Gasteiger partial charge in [-0.1, -0.05) is 24.3 Å². The van der Waals surface area contributed by atoms with E-state index in [-0.39, 0.29) is 33.9 Å². The molecule has 4 rings (SSSR count). The van der Waals surface area contributed by atoms with Crippen LogP contribution in [0.25, 0.3) is 5.69 Å². The average Bonchev–Trinajstić information content (AvgIpc) is 2.66. The van der Waals surface area contributed by atoms with Crippen molar-refractivity contribution in [3.63, 3.8) is 0 Å². The predicted molar refractivity (Wildman–Crippen MR) is 91.6 cm³/mol. The fourth-order valence-electron chi connectivity index (χ4n) is 3.04. The molecular formula is C19H11N3O4. The molecule has 1 N–H and O–H groups in total. The van der Waals surface area contributed by atoms with Crippen LogP contribution in [0.1, 0.15) is 31.8 Å². The number of ketones is 2. The van der Waals surface area contributed by atoms with Crippen molar-refractivity contribution < 1.29 is 14.5 Å². The number of nitro groups is 1. The summed E-state index contributed by atoms with van der Waals surface area (Å²) in [6, 6.07) is 13.6. The molecule has 1 aliphatic carbocycles. The largest absolute Gasteiger partial charge is 0.302 e. The fourth-order valence-corrected chi connectivity index (χ4v) is 3.04. The van der Waals surface area contributed by atoms with Crippen LogP contribution in [0.2, 0.25) is 0 Å². The highest BCUT2D eigenvalue weighted by Crippen LogP contribution is 2.26. The molecule has 126 valence electrons. The number of nitrogens with zero attached hydrogens (tertiary/aromatic N) is 2. The maximum Gasteiger partial charge on any atom is 0.269 e. The molecule has 1 aromatic heterocycles. The summed E-state index contributed by atoms with van der Waals surface area (Å²) in [5, 5.41) is 19.0. The number of nitrogens with one attached hydrogen (secondary N) is 1. The van der Waals surface area contributed by atoms with Crippen molar-refractivity contribution in [3.05, 3.63) is 98.6 Å². The van der Waals surface area contributed by atoms with Gasteiger partial charge in [0.2, 0.25) is 0 Å². The first-order valence-electron chi connectivity index (χ1n) is 7.72. The maximum atomic E-state index is 12.8. The van der Waals surface area contributed by atoms with Crippen LogP contribution in [0.4, 0.5) is 5.69 Å². The number of fused-ring (bicyclic) bond motifs is 2. The van der Waals surface area contributed by atoms with Crippen molar-refractivity contribution in [2.75, 3.05) is 0 Å². The Bertz CT molecular complexity index is 1160. The van der Waals surface area contributed by atoms with Gasteiger partial charge in [0.15, 0.2) is 11.6 Å². The Morgan fingerprint density at radius 3 is 2.00 bits per heavy atom. The minimum absolute atomic E-state index is 0.00173. The van der Waals surface area contributed by atoms with E-state index in [1.807, 2.05) is 0 Å². The van der Waals surface area contributed by atoms with Crippen molar-refractivity contribution in [3.8, 4) is 5.69 Å². The van der Waals surface area contributed by atoms with Crippen molar-refractivity contribution in [1.82, 2.24) is 4.57 Å². The molecule has 0 saturated heterocycles. The van der Waals surface area contributed by atoms with Gasteiger partial charge in [-0.15, -0.1) is 0 Å². The number of hydrogen-bond donors (Lipinski definition) is 1. The van der Waals surface area contributed by atoms with E-state index in [9.17, 15) is 19.7 Å². The molecule has 0 spiro atoms. The van der Waals surface area contributed by atoms with E-state index >= 15 is 0 Å². The SMILES string of the molecule is N=c1cc2c(cn1-c1ccc([N+](=O)[O-])cc1)C(=O)c1ccccc1C2=O. The predicted octanol–water partition coefficient (Wildman–Crippen LogP) is 2.64. The van der Waals surface area contributed by atoms with E-state index in [4.69, 9.17) is 5.41 Å². The van der Waals surface area contributed by atoms with Crippen LogP contribution >= 0.6 is 0 Å². The Balaban J connectivity index is 1.89. The number of carbonyl (C=O) groups excluding carboxylic acids is 2. The van der Waals surface area contributed by atoms with Crippen molar-refractivity contribution in [1.29, 1.82) is 5.41 Å². The molecule has 2 aromatic carbocycles. The van der Waals surface area contributed by atoms with Crippen LogP contribution in [0.5, 0.6) is 0 Å². The second-order valence-electron chi connectivity index (χ2n) is 5.83. The van der Waals surface area contributed by atoms with Crippen LogP contribution in [-0.4, -0.2) is 21.1 Å². The highest BCUT2D eigenvalue weighted by molar-refractivity contribution is 6.28. The third-order valence-electron chi connectivity index (χ3n) is 4.33. The molecule has 0 unspecified atom stereocenters. The number of pyridine rings is 1. The molecule has 0 fully saturated rings. The van der Waals surface area contributed by atoms with Gasteiger partial charge in [0.25, 0.3) is 5.69 Å². The highest BCUT2D eigenvalue weighted by atomic mass is 16.6. The second kappa shape index (κ2) is 5.59. The Morgan fingerprint density at radius 1 is 0.846 bits per heavy atom. The zero-order chi connectivity index (χ0) is 18.4. The van der Waals surface area contributed by atoms with Gasteiger partial charge in [0.1, 0.15) is 5.49 Å². The summed E-state index contributed by atoms with van der Waals surface area (Å²) in [6.45, 7) is 0. The summed E-state index contributed by atoms with van der Waals surface area (Å²) in [6.07, 6.45) is 1.44. The van der Waals surface area contributed by atoms with E-state index < -0.39 is 4.92 Å². The van der Waals surface area contributed by atoms with Gasteiger partial charge in [-0.05, 0) is 18.2 Å². The van der Waals surface area contributed by atoms with Crippen LogP contribution < -0.4 is 5.49 Å². The van der Waals surface area contributed by atoms with E-state index in [2.05, 4.69) is 0 Å². The minimum Gasteiger partial charge on any atom is -0.302 e. The van der Waals surface area contributed by atoms with Gasteiger partial charge < -0.3 is 4.57 Å². The normalized spacial score (nSPS) is 12.5. The summed E-state index contributed by atoms with van der Waals surface area (Å²) < 4.78 is 1.42.